The van der Waals surface area contributed by atoms with Crippen molar-refractivity contribution in [1.82, 2.24) is 19.6 Å². The van der Waals surface area contributed by atoms with Crippen LogP contribution in [-0.4, -0.2) is 19.6 Å². The summed E-state index contributed by atoms with van der Waals surface area (Å²) in [6, 6.07) is 23.1. The van der Waals surface area contributed by atoms with E-state index in [0.717, 1.165) is 40.0 Å². The highest BCUT2D eigenvalue weighted by Gasteiger charge is 2.23. The van der Waals surface area contributed by atoms with Crippen molar-refractivity contribution >= 4 is 21.4 Å². The zero-order chi connectivity index (χ0) is 25.4. The van der Waals surface area contributed by atoms with Gasteiger partial charge in [0, 0.05) is 29.6 Å². The Morgan fingerprint density at radius 3 is 2.11 bits per heavy atom. The lowest BCUT2D eigenvalue weighted by atomic mass is 9.98. The molecule has 2 aromatic carbocycles. The molecule has 184 valence electrons. The Kier molecular flexibility index (Phi) is 6.63. The molecule has 3 aromatic heterocycles. The Bertz CT molecular complexity index is 1520. The van der Waals surface area contributed by atoms with Crippen molar-refractivity contribution in [2.75, 3.05) is 0 Å². The van der Waals surface area contributed by atoms with Crippen LogP contribution < -0.4 is 5.56 Å². The van der Waals surface area contributed by atoms with Gasteiger partial charge in [-0.1, -0.05) is 74.5 Å². The molecule has 0 spiro atoms. The zero-order valence-corrected chi connectivity index (χ0v) is 22.3. The Balaban J connectivity index is 1.58. The highest BCUT2D eigenvalue weighted by Crippen LogP contribution is 2.33. The van der Waals surface area contributed by atoms with Crippen LogP contribution in [0.25, 0.3) is 10.1 Å². The highest BCUT2D eigenvalue weighted by molar-refractivity contribution is 7.19. The summed E-state index contributed by atoms with van der Waals surface area (Å²) in [5.74, 6) is 0.472. The summed E-state index contributed by atoms with van der Waals surface area (Å²) in [4.78, 5) is 14.0. The molecule has 6 heteroatoms. The first-order chi connectivity index (χ1) is 17.3. The van der Waals surface area contributed by atoms with Gasteiger partial charge in [0.25, 0.3) is 5.56 Å². The summed E-state index contributed by atoms with van der Waals surface area (Å²) in [6.07, 6.45) is 1.61. The molecule has 0 amide bonds. The SMILES string of the molecule is Cc1nn(C(c2ccccc2)c2ccccc2)c(C)c1Cc1cc2c(=O)n(C)nc(CC(C)C)c2s1. The van der Waals surface area contributed by atoms with Gasteiger partial charge in [-0.25, -0.2) is 4.68 Å². The molecule has 3 heterocycles. The standard InChI is InChI=1S/C30H32N4OS/c1-19(2)16-27-29-26(30(35)33(5)32-27)18-24(36-29)17-25-20(3)31-34(21(25)4)28(22-12-8-6-9-13-22)23-14-10-7-11-15-23/h6-15,18-19,28H,16-17H2,1-5H3. The second kappa shape index (κ2) is 9.86. The lowest BCUT2D eigenvalue weighted by Gasteiger charge is -2.20. The molecule has 0 unspecified atom stereocenters. The van der Waals surface area contributed by atoms with Gasteiger partial charge in [0.15, 0.2) is 0 Å². The maximum absolute atomic E-state index is 12.9. The molecule has 5 rings (SSSR count). The minimum absolute atomic E-state index is 0.00334. The molecule has 0 aliphatic carbocycles. The number of nitrogens with zero attached hydrogens (tertiary/aromatic N) is 4. The van der Waals surface area contributed by atoms with Crippen LogP contribution in [0.15, 0.2) is 71.5 Å². The largest absolute Gasteiger partial charge is 0.275 e. The van der Waals surface area contributed by atoms with Crippen LogP contribution in [0.1, 0.15) is 58.5 Å². The Morgan fingerprint density at radius 1 is 0.917 bits per heavy atom. The molecule has 36 heavy (non-hydrogen) atoms. The average molecular weight is 497 g/mol. The van der Waals surface area contributed by atoms with Crippen molar-refractivity contribution in [3.05, 3.63) is 116 Å². The van der Waals surface area contributed by atoms with Crippen LogP contribution >= 0.6 is 11.3 Å². The van der Waals surface area contributed by atoms with E-state index in [1.54, 1.807) is 18.4 Å². The van der Waals surface area contributed by atoms with Gasteiger partial charge in [-0.05, 0) is 43.4 Å². The normalized spacial score (nSPS) is 11.8. The van der Waals surface area contributed by atoms with Gasteiger partial charge in [0.05, 0.1) is 21.5 Å². The second-order valence-electron chi connectivity index (χ2n) is 9.92. The predicted octanol–water partition coefficient (Wildman–Crippen LogP) is 6.24. The fourth-order valence-corrected chi connectivity index (χ4v) is 6.15. The lowest BCUT2D eigenvalue weighted by molar-refractivity contribution is 0.575. The van der Waals surface area contributed by atoms with E-state index in [1.807, 2.05) is 12.1 Å². The van der Waals surface area contributed by atoms with Gasteiger partial charge in [-0.15, -0.1) is 11.3 Å². The number of rotatable bonds is 7. The quantitative estimate of drug-likeness (QED) is 0.268. The third-order valence-corrected chi connectivity index (χ3v) is 7.93. The van der Waals surface area contributed by atoms with E-state index in [1.165, 1.54) is 26.2 Å². The summed E-state index contributed by atoms with van der Waals surface area (Å²) >= 11 is 1.70. The molecule has 0 atom stereocenters. The molecule has 5 nitrogen and oxygen atoms in total. The van der Waals surface area contributed by atoms with Gasteiger partial charge >= 0.3 is 0 Å². The third-order valence-electron chi connectivity index (χ3n) is 6.74. The molecule has 0 radical (unpaired) electrons. The first-order valence-electron chi connectivity index (χ1n) is 12.5. The van der Waals surface area contributed by atoms with Crippen LogP contribution in [0.3, 0.4) is 0 Å². The zero-order valence-electron chi connectivity index (χ0n) is 21.5. The fourth-order valence-electron chi connectivity index (χ4n) is 4.99. The van der Waals surface area contributed by atoms with Crippen molar-refractivity contribution in [2.45, 2.75) is 46.6 Å². The molecule has 0 saturated heterocycles. The van der Waals surface area contributed by atoms with Crippen LogP contribution in [0.5, 0.6) is 0 Å². The van der Waals surface area contributed by atoms with Crippen LogP contribution in [-0.2, 0) is 19.9 Å². The maximum Gasteiger partial charge on any atom is 0.275 e. The summed E-state index contributed by atoms with van der Waals surface area (Å²) in [6.45, 7) is 8.62. The van der Waals surface area contributed by atoms with Gasteiger partial charge in [0.1, 0.15) is 6.04 Å². The van der Waals surface area contributed by atoms with Crippen molar-refractivity contribution in [3.8, 4) is 0 Å². The summed E-state index contributed by atoms with van der Waals surface area (Å²) in [7, 11) is 1.74. The van der Waals surface area contributed by atoms with Gasteiger partial charge < -0.3 is 0 Å². The Hall–Kier alpha value is -3.51. The van der Waals surface area contributed by atoms with E-state index in [2.05, 4.69) is 92.1 Å². The number of thiophene rings is 1. The van der Waals surface area contributed by atoms with E-state index in [-0.39, 0.29) is 11.6 Å². The van der Waals surface area contributed by atoms with E-state index in [4.69, 9.17) is 5.10 Å². The molecule has 5 aromatic rings. The minimum atomic E-state index is -0.0302. The van der Waals surface area contributed by atoms with E-state index in [0.29, 0.717) is 5.92 Å². The average Bonchev–Trinajstić information content (AvgIpc) is 3.41. The van der Waals surface area contributed by atoms with Gasteiger partial charge in [0.2, 0.25) is 0 Å². The number of aryl methyl sites for hydroxylation is 2. The molecular formula is C30H32N4OS. The first kappa shape index (κ1) is 24.2. The number of aromatic nitrogens is 4. The van der Waals surface area contributed by atoms with E-state index >= 15 is 0 Å². The van der Waals surface area contributed by atoms with Crippen LogP contribution in [0.4, 0.5) is 0 Å². The maximum atomic E-state index is 12.9. The lowest BCUT2D eigenvalue weighted by Crippen LogP contribution is -2.21. The van der Waals surface area contributed by atoms with E-state index in [9.17, 15) is 4.79 Å². The minimum Gasteiger partial charge on any atom is -0.267 e. The first-order valence-corrected chi connectivity index (χ1v) is 13.3. The molecule has 0 aliphatic rings. The fraction of sp³-hybridized carbons (Fsp3) is 0.300. The third kappa shape index (κ3) is 4.53. The number of hydrogen-bond donors (Lipinski definition) is 0. The second-order valence-corrected chi connectivity index (χ2v) is 11.1. The molecule has 0 bridgehead atoms. The molecule has 0 N–H and O–H groups in total. The van der Waals surface area contributed by atoms with Crippen molar-refractivity contribution < 1.29 is 0 Å². The monoisotopic (exact) mass is 496 g/mol. The van der Waals surface area contributed by atoms with Crippen LogP contribution in [0.2, 0.25) is 0 Å². The number of benzene rings is 2. The summed E-state index contributed by atoms with van der Waals surface area (Å²) in [5.41, 5.74) is 6.78. The molecule has 0 aliphatic heterocycles. The Labute approximate surface area is 216 Å². The molecule has 0 fully saturated rings. The predicted molar refractivity (Wildman–Crippen MR) is 148 cm³/mol. The van der Waals surface area contributed by atoms with Gasteiger partial charge in [-0.2, -0.15) is 10.2 Å². The van der Waals surface area contributed by atoms with Gasteiger partial charge in [-0.3, -0.25) is 9.48 Å². The van der Waals surface area contributed by atoms with Crippen LogP contribution in [0, 0.1) is 19.8 Å². The molecule has 0 saturated carbocycles. The summed E-state index contributed by atoms with van der Waals surface area (Å²) in [5, 5.41) is 10.4. The topological polar surface area (TPSA) is 52.7 Å². The van der Waals surface area contributed by atoms with Crippen molar-refractivity contribution in [1.29, 1.82) is 0 Å². The smallest absolute Gasteiger partial charge is 0.267 e. The Morgan fingerprint density at radius 2 is 1.53 bits per heavy atom. The van der Waals surface area contributed by atoms with Crippen molar-refractivity contribution in [2.24, 2.45) is 13.0 Å². The van der Waals surface area contributed by atoms with E-state index < -0.39 is 0 Å². The van der Waals surface area contributed by atoms with Crippen molar-refractivity contribution in [3.63, 3.8) is 0 Å². The summed E-state index contributed by atoms with van der Waals surface area (Å²) < 4.78 is 4.67. The number of hydrogen-bond acceptors (Lipinski definition) is 4. The number of fused-ring (bicyclic) bond motifs is 1. The highest BCUT2D eigenvalue weighted by atomic mass is 32.1. The molecular weight excluding hydrogens is 464 g/mol.